The Morgan fingerprint density at radius 2 is 1.56 bits per heavy atom. The highest BCUT2D eigenvalue weighted by Crippen LogP contribution is 2.58. The number of carbonyl (C=O) groups excluding carboxylic acids is 4. The summed E-state index contributed by atoms with van der Waals surface area (Å²) in [7, 11) is 2.62. The second-order valence-corrected chi connectivity index (χ2v) is 18.1. The Morgan fingerprint density at radius 1 is 0.871 bits per heavy atom. The lowest BCUT2D eigenvalue weighted by atomic mass is 9.95. The molecule has 2 aromatic carbocycles. The first kappa shape index (κ1) is 41.2. The van der Waals surface area contributed by atoms with Crippen LogP contribution in [0.25, 0.3) is 33.2 Å². The number of nitrogens with one attached hydrogen (secondary N) is 4. The van der Waals surface area contributed by atoms with Crippen LogP contribution in [0.15, 0.2) is 73.1 Å². The van der Waals surface area contributed by atoms with Crippen molar-refractivity contribution < 1.29 is 28.7 Å². The molecule has 3 aliphatic carbocycles. The number of benzene rings is 2. The number of hydrogen-bond donors (Lipinski definition) is 4. The highest BCUT2D eigenvalue weighted by molar-refractivity contribution is 5.92. The molecule has 4 heterocycles. The zero-order valence-corrected chi connectivity index (χ0v) is 36.1. The zero-order chi connectivity index (χ0) is 43.3. The van der Waals surface area contributed by atoms with Crippen molar-refractivity contribution in [3.05, 3.63) is 96.0 Å². The number of imidazole rings is 2. The van der Waals surface area contributed by atoms with Crippen LogP contribution in [0.3, 0.4) is 0 Å². The van der Waals surface area contributed by atoms with Gasteiger partial charge < -0.3 is 39.9 Å². The van der Waals surface area contributed by atoms with E-state index < -0.39 is 24.3 Å². The Kier molecular flexibility index (Phi) is 11.0. The van der Waals surface area contributed by atoms with Crippen molar-refractivity contribution in [1.29, 1.82) is 0 Å². The Morgan fingerprint density at radius 3 is 2.29 bits per heavy atom. The fraction of sp³-hybridized carbons (Fsp3) is 0.458. The molecule has 2 aliphatic heterocycles. The number of likely N-dealkylation sites (tertiary alicyclic amines) is 2. The van der Waals surface area contributed by atoms with E-state index in [0.29, 0.717) is 18.9 Å². The first-order valence-corrected chi connectivity index (χ1v) is 22.0. The number of fused-ring (bicyclic) bond motifs is 3. The second kappa shape index (κ2) is 16.6. The van der Waals surface area contributed by atoms with E-state index >= 15 is 0 Å². The summed E-state index contributed by atoms with van der Waals surface area (Å²) in [5.74, 6) is 1.58. The van der Waals surface area contributed by atoms with Crippen LogP contribution < -0.4 is 10.6 Å². The van der Waals surface area contributed by atoms with Gasteiger partial charge in [-0.3, -0.25) is 9.59 Å². The van der Waals surface area contributed by atoms with Gasteiger partial charge in [-0.05, 0) is 108 Å². The van der Waals surface area contributed by atoms with Gasteiger partial charge in [0.05, 0.1) is 50.1 Å². The Balaban J connectivity index is 0.903. The van der Waals surface area contributed by atoms with Gasteiger partial charge in [-0.15, -0.1) is 0 Å². The molecule has 6 unspecified atom stereocenters. The van der Waals surface area contributed by atoms with E-state index in [2.05, 4.69) is 81.3 Å². The first-order valence-electron chi connectivity index (χ1n) is 22.0. The molecule has 0 radical (unpaired) electrons. The molecule has 2 saturated heterocycles. The minimum absolute atomic E-state index is 0.0860. The largest absolute Gasteiger partial charge is 0.453 e. The molecule has 5 aliphatic rings. The summed E-state index contributed by atoms with van der Waals surface area (Å²) in [6.07, 6.45) is 18.3. The average Bonchev–Trinajstić information content (AvgIpc) is 3.85. The van der Waals surface area contributed by atoms with E-state index in [1.807, 2.05) is 43.0 Å². The standard InChI is InChI=1S/C48H56N8O6/c1-6-36(53-46(59)61-4)44(57)55-26-48(18-19-48)23-39(55)42-49-25-38(51-42)33-15-14-31-20-30(12-13-32(31)21-33)28-8-7-9-29(11-10-28)37-24-50-43(52-37)41-34-16-17-35(22-34)56(41)45(58)40(27(2)3)54-47(60)62-5/h7-8,10-15,20-21,24-25,27,34-36,39-41H,6,9,16-19,22-23,26H2,1-5H3,(H,49,51)(H,50,52)(H,53,59)(H,54,60). The summed E-state index contributed by atoms with van der Waals surface area (Å²) < 4.78 is 9.62. The van der Waals surface area contributed by atoms with Gasteiger partial charge >= 0.3 is 12.2 Å². The SMILES string of the molecule is CCC(NC(=O)OC)C(=O)N1CC2(CC2)CC1c1ncc(-c2ccc3cc(C4=CC=C(c5cnc(C6C7CCC(C7)N6C(=O)C(NC(=O)OC)C(C)C)[nH]5)CC=C4)ccc3c2)[nH]1. The topological polar surface area (TPSA) is 175 Å². The molecular weight excluding hydrogens is 785 g/mol. The minimum Gasteiger partial charge on any atom is -0.453 e. The smallest absolute Gasteiger partial charge is 0.407 e. The third-order valence-electron chi connectivity index (χ3n) is 13.9. The van der Waals surface area contributed by atoms with Crippen molar-refractivity contribution in [1.82, 2.24) is 40.4 Å². The molecule has 6 atom stereocenters. The minimum atomic E-state index is -0.680. The van der Waals surface area contributed by atoms with Gasteiger partial charge in [0.2, 0.25) is 11.8 Å². The van der Waals surface area contributed by atoms with Crippen molar-refractivity contribution in [2.24, 2.45) is 17.3 Å². The number of methoxy groups -OCH3 is 2. The maximum atomic E-state index is 14.0. The third-order valence-corrected chi connectivity index (χ3v) is 13.9. The van der Waals surface area contributed by atoms with Crippen LogP contribution in [0.4, 0.5) is 9.59 Å². The summed E-state index contributed by atoms with van der Waals surface area (Å²) in [4.78, 5) is 72.5. The maximum absolute atomic E-state index is 14.0. The van der Waals surface area contributed by atoms with Crippen LogP contribution in [-0.4, -0.2) is 92.6 Å². The molecule has 324 valence electrons. The predicted molar refractivity (Wildman–Crippen MR) is 235 cm³/mol. The van der Waals surface area contributed by atoms with E-state index in [-0.39, 0.29) is 41.3 Å². The highest BCUT2D eigenvalue weighted by atomic mass is 16.5. The lowest BCUT2D eigenvalue weighted by Crippen LogP contribution is -2.54. The van der Waals surface area contributed by atoms with E-state index in [1.54, 1.807) is 0 Å². The lowest BCUT2D eigenvalue weighted by Gasteiger charge is -2.37. The van der Waals surface area contributed by atoms with Gasteiger partial charge in [0.25, 0.3) is 0 Å². The Bertz CT molecular complexity index is 2490. The number of H-pyrrole nitrogens is 2. The molecule has 4 fully saturated rings. The van der Waals surface area contributed by atoms with Crippen LogP contribution >= 0.6 is 0 Å². The monoisotopic (exact) mass is 840 g/mol. The number of aromatic nitrogens is 4. The molecule has 4 aromatic rings. The summed E-state index contributed by atoms with van der Waals surface area (Å²) in [6.45, 7) is 6.42. The van der Waals surface area contributed by atoms with Crippen LogP contribution in [-0.2, 0) is 19.1 Å². The van der Waals surface area contributed by atoms with Gasteiger partial charge in [0, 0.05) is 18.2 Å². The van der Waals surface area contributed by atoms with Crippen molar-refractivity contribution >= 4 is 45.9 Å². The van der Waals surface area contributed by atoms with Crippen LogP contribution in [0.2, 0.25) is 0 Å². The summed E-state index contributed by atoms with van der Waals surface area (Å²) >= 11 is 0. The normalized spacial score (nSPS) is 23.3. The molecule has 14 nitrogen and oxygen atoms in total. The van der Waals surface area contributed by atoms with Gasteiger partial charge in [-0.2, -0.15) is 0 Å². The molecule has 62 heavy (non-hydrogen) atoms. The molecule has 4 amide bonds. The average molecular weight is 841 g/mol. The molecule has 2 aromatic heterocycles. The number of nitrogens with zero attached hydrogens (tertiary/aromatic N) is 4. The van der Waals surface area contributed by atoms with E-state index in [9.17, 15) is 19.2 Å². The molecule has 2 bridgehead atoms. The van der Waals surface area contributed by atoms with E-state index in [0.717, 1.165) is 101 Å². The highest BCUT2D eigenvalue weighted by Gasteiger charge is 2.55. The number of rotatable bonds is 11. The van der Waals surface area contributed by atoms with Gasteiger partial charge in [-0.25, -0.2) is 19.6 Å². The van der Waals surface area contributed by atoms with Gasteiger partial charge in [0.15, 0.2) is 0 Å². The Hall–Kier alpha value is -6.18. The molecule has 2 saturated carbocycles. The summed E-state index contributed by atoms with van der Waals surface area (Å²) in [5, 5.41) is 7.70. The van der Waals surface area contributed by atoms with Crippen molar-refractivity contribution in [2.75, 3.05) is 20.8 Å². The lowest BCUT2D eigenvalue weighted by molar-refractivity contribution is -0.139. The molecule has 9 rings (SSSR count). The number of amides is 4. The fourth-order valence-electron chi connectivity index (χ4n) is 10.2. The van der Waals surface area contributed by atoms with Crippen LogP contribution in [0.5, 0.6) is 0 Å². The quantitative estimate of drug-likeness (QED) is 0.118. The zero-order valence-electron chi connectivity index (χ0n) is 36.1. The van der Waals surface area contributed by atoms with E-state index in [4.69, 9.17) is 19.4 Å². The fourth-order valence-corrected chi connectivity index (χ4v) is 10.2. The summed E-state index contributed by atoms with van der Waals surface area (Å²) in [6, 6.07) is 11.4. The molecule has 1 spiro atoms. The molecular formula is C48H56N8O6. The number of aromatic amines is 2. The van der Waals surface area contributed by atoms with Crippen molar-refractivity contribution in [3.63, 3.8) is 0 Å². The van der Waals surface area contributed by atoms with Gasteiger partial charge in [-0.1, -0.05) is 69.3 Å². The maximum Gasteiger partial charge on any atom is 0.407 e. The first-order chi connectivity index (χ1) is 30.0. The number of carbonyl (C=O) groups is 4. The van der Waals surface area contributed by atoms with Gasteiger partial charge in [0.1, 0.15) is 23.7 Å². The third kappa shape index (κ3) is 7.79. The van der Waals surface area contributed by atoms with Crippen molar-refractivity contribution in [2.45, 2.75) is 102 Å². The Labute approximate surface area is 361 Å². The van der Waals surface area contributed by atoms with E-state index in [1.165, 1.54) is 14.2 Å². The number of alkyl carbamates (subject to hydrolysis) is 2. The predicted octanol–water partition coefficient (Wildman–Crippen LogP) is 8.00. The number of piperidine rings is 1. The second-order valence-electron chi connectivity index (χ2n) is 18.1. The molecule has 4 N–H and O–H groups in total. The number of allylic oxidation sites excluding steroid dienone is 6. The number of ether oxygens (including phenoxy) is 2. The number of hydrogen-bond acceptors (Lipinski definition) is 8. The summed E-state index contributed by atoms with van der Waals surface area (Å²) in [5.41, 5.74) is 6.27. The van der Waals surface area contributed by atoms with Crippen LogP contribution in [0, 0.1) is 17.3 Å². The van der Waals surface area contributed by atoms with Crippen LogP contribution in [0.1, 0.15) is 107 Å². The van der Waals surface area contributed by atoms with Crippen molar-refractivity contribution in [3.8, 4) is 11.3 Å². The molecule has 14 heteroatoms.